The van der Waals surface area contributed by atoms with Gasteiger partial charge in [-0.15, -0.1) is 0 Å². The lowest BCUT2D eigenvalue weighted by Gasteiger charge is -2.17. The number of imidazole rings is 1. The minimum atomic E-state index is 0.435. The highest BCUT2D eigenvalue weighted by Gasteiger charge is 2.19. The Morgan fingerprint density at radius 3 is 2.16 bits per heavy atom. The molecule has 158 valence electrons. The molecule has 0 saturated carbocycles. The molecule has 3 aromatic carbocycles. The quantitative estimate of drug-likeness (QED) is 0.268. The van der Waals surface area contributed by atoms with E-state index in [9.17, 15) is 0 Å². The molecule has 0 spiro atoms. The Morgan fingerprint density at radius 2 is 1.48 bits per heavy atom. The van der Waals surface area contributed by atoms with Gasteiger partial charge in [-0.1, -0.05) is 75.7 Å². The van der Waals surface area contributed by atoms with E-state index in [0.717, 1.165) is 5.65 Å². The van der Waals surface area contributed by atoms with Gasteiger partial charge >= 0.3 is 0 Å². The van der Waals surface area contributed by atoms with Crippen molar-refractivity contribution in [1.82, 2.24) is 9.38 Å². The monoisotopic (exact) mass is 408 g/mol. The second-order valence-electron chi connectivity index (χ2n) is 8.51. The molecule has 0 unspecified atom stereocenters. The summed E-state index contributed by atoms with van der Waals surface area (Å²) < 4.78 is 2.37. The van der Waals surface area contributed by atoms with Crippen LogP contribution in [0, 0.1) is 20.8 Å². The maximum atomic E-state index is 4.98. The third-order valence-corrected chi connectivity index (χ3v) is 6.12. The van der Waals surface area contributed by atoms with Crippen LogP contribution in [0.15, 0.2) is 60.8 Å². The van der Waals surface area contributed by atoms with Crippen molar-refractivity contribution in [2.75, 3.05) is 0 Å². The molecule has 0 amide bonds. The molecule has 2 nitrogen and oxygen atoms in total. The van der Waals surface area contributed by atoms with E-state index in [0.29, 0.717) is 5.92 Å². The molecule has 2 heteroatoms. The largest absolute Gasteiger partial charge is 0.292 e. The molecule has 31 heavy (non-hydrogen) atoms. The molecule has 0 bridgehead atoms. The molecular formula is C29H32N2. The molecule has 5 rings (SSSR count). The minimum absolute atomic E-state index is 0.435. The molecule has 2 aromatic heterocycles. The lowest BCUT2D eigenvalue weighted by atomic mass is 9.94. The number of fused-ring (bicyclic) bond motifs is 6. The van der Waals surface area contributed by atoms with Gasteiger partial charge in [0.05, 0.1) is 17.4 Å². The zero-order valence-electron chi connectivity index (χ0n) is 19.7. The van der Waals surface area contributed by atoms with Crippen LogP contribution < -0.4 is 0 Å². The van der Waals surface area contributed by atoms with Gasteiger partial charge < -0.3 is 0 Å². The molecule has 0 atom stereocenters. The lowest BCUT2D eigenvalue weighted by Crippen LogP contribution is -1.99. The van der Waals surface area contributed by atoms with Gasteiger partial charge in [-0.2, -0.15) is 0 Å². The fourth-order valence-corrected chi connectivity index (χ4v) is 4.75. The van der Waals surface area contributed by atoms with Gasteiger partial charge in [0, 0.05) is 16.3 Å². The van der Waals surface area contributed by atoms with Crippen molar-refractivity contribution in [3.63, 3.8) is 0 Å². The summed E-state index contributed by atoms with van der Waals surface area (Å²) in [6.45, 7) is 15.1. The second-order valence-corrected chi connectivity index (χ2v) is 8.51. The third kappa shape index (κ3) is 3.31. The summed E-state index contributed by atoms with van der Waals surface area (Å²) in [6, 6.07) is 20.0. The maximum absolute atomic E-state index is 4.98. The topological polar surface area (TPSA) is 17.3 Å². The van der Waals surface area contributed by atoms with Crippen LogP contribution in [0.5, 0.6) is 0 Å². The predicted molar refractivity (Wildman–Crippen MR) is 135 cm³/mol. The van der Waals surface area contributed by atoms with Crippen LogP contribution >= 0.6 is 0 Å². The van der Waals surface area contributed by atoms with Crippen LogP contribution in [0.2, 0.25) is 0 Å². The lowest BCUT2D eigenvalue weighted by molar-refractivity contribution is 0.876. The van der Waals surface area contributed by atoms with E-state index in [1.807, 2.05) is 13.8 Å². The van der Waals surface area contributed by atoms with Crippen LogP contribution in [0.25, 0.3) is 38.6 Å². The van der Waals surface area contributed by atoms with Gasteiger partial charge in [-0.05, 0) is 60.9 Å². The highest BCUT2D eigenvalue weighted by molar-refractivity contribution is 6.14. The number of pyridine rings is 1. The fourth-order valence-electron chi connectivity index (χ4n) is 4.75. The number of aryl methyl sites for hydroxylation is 3. The first kappa shape index (κ1) is 21.1. The SMILES string of the molecule is CC.Cc1ccc2c(c1)c1cccc(C(C)C)c1c1ncc(-c3c(C)cccc3C)n21. The number of rotatable bonds is 2. The highest BCUT2D eigenvalue weighted by Crippen LogP contribution is 2.38. The van der Waals surface area contributed by atoms with E-state index in [4.69, 9.17) is 4.98 Å². The predicted octanol–water partition coefficient (Wildman–Crippen LogP) is 8.38. The van der Waals surface area contributed by atoms with Crippen molar-refractivity contribution in [2.45, 2.75) is 54.4 Å². The molecule has 0 aliphatic rings. The molecule has 5 aromatic rings. The summed E-state index contributed by atoms with van der Waals surface area (Å²) in [5.41, 5.74) is 9.92. The molecule has 0 aliphatic carbocycles. The molecule has 2 heterocycles. The first-order chi connectivity index (χ1) is 15.0. The van der Waals surface area contributed by atoms with Crippen molar-refractivity contribution >= 4 is 27.3 Å². The average molecular weight is 409 g/mol. The van der Waals surface area contributed by atoms with E-state index in [-0.39, 0.29) is 0 Å². The number of benzene rings is 3. The van der Waals surface area contributed by atoms with Crippen molar-refractivity contribution in [1.29, 1.82) is 0 Å². The number of hydrogen-bond acceptors (Lipinski definition) is 1. The Labute approximate surface area is 185 Å². The Hall–Kier alpha value is -3.13. The van der Waals surface area contributed by atoms with Crippen molar-refractivity contribution in [2.24, 2.45) is 0 Å². The molecule has 0 fully saturated rings. The standard InChI is InChI=1S/C27H26N2.C2H6/c1-16(2)20-10-7-11-21-22-14-17(3)12-13-23(22)29-24(15-28-27(29)26(20)21)25-18(4)8-6-9-19(25)5;1-2/h6-16H,1-5H3;1-2H3. The molecular weight excluding hydrogens is 376 g/mol. The third-order valence-electron chi connectivity index (χ3n) is 6.12. The van der Waals surface area contributed by atoms with Crippen LogP contribution in [-0.4, -0.2) is 9.38 Å². The minimum Gasteiger partial charge on any atom is -0.292 e. The van der Waals surface area contributed by atoms with Crippen molar-refractivity contribution in [3.8, 4) is 11.3 Å². The Kier molecular flexibility index (Phi) is 5.58. The number of nitrogens with zero attached hydrogens (tertiary/aromatic N) is 2. The van der Waals surface area contributed by atoms with Gasteiger partial charge in [-0.3, -0.25) is 4.40 Å². The van der Waals surface area contributed by atoms with Gasteiger partial charge in [0.25, 0.3) is 0 Å². The summed E-state index contributed by atoms with van der Waals surface area (Å²) in [4.78, 5) is 4.98. The fraction of sp³-hybridized carbons (Fsp3) is 0.276. The summed E-state index contributed by atoms with van der Waals surface area (Å²) in [7, 11) is 0. The van der Waals surface area contributed by atoms with Crippen LogP contribution in [-0.2, 0) is 0 Å². The smallest absolute Gasteiger partial charge is 0.145 e. The Bertz CT molecular complexity index is 1380. The van der Waals surface area contributed by atoms with E-state index in [1.165, 1.54) is 55.2 Å². The van der Waals surface area contributed by atoms with Gasteiger partial charge in [0.1, 0.15) is 5.65 Å². The van der Waals surface area contributed by atoms with Crippen LogP contribution in [0.1, 0.15) is 55.9 Å². The zero-order valence-corrected chi connectivity index (χ0v) is 19.7. The normalized spacial score (nSPS) is 11.4. The van der Waals surface area contributed by atoms with Gasteiger partial charge in [0.15, 0.2) is 0 Å². The van der Waals surface area contributed by atoms with Gasteiger partial charge in [0.2, 0.25) is 0 Å². The highest BCUT2D eigenvalue weighted by atomic mass is 15.0. The maximum Gasteiger partial charge on any atom is 0.145 e. The summed E-state index contributed by atoms with van der Waals surface area (Å²) in [6.07, 6.45) is 2.06. The van der Waals surface area contributed by atoms with Crippen LogP contribution in [0.4, 0.5) is 0 Å². The Morgan fingerprint density at radius 1 is 0.806 bits per heavy atom. The number of aromatic nitrogens is 2. The summed E-state index contributed by atoms with van der Waals surface area (Å²) in [5.74, 6) is 0.435. The van der Waals surface area contributed by atoms with Crippen molar-refractivity contribution in [3.05, 3.63) is 83.0 Å². The first-order valence-corrected chi connectivity index (χ1v) is 11.4. The van der Waals surface area contributed by atoms with E-state index < -0.39 is 0 Å². The summed E-state index contributed by atoms with van der Waals surface area (Å²) in [5, 5.41) is 3.86. The van der Waals surface area contributed by atoms with E-state index in [2.05, 4.69) is 99.8 Å². The Balaban J connectivity index is 0.00000112. The molecule has 0 radical (unpaired) electrons. The van der Waals surface area contributed by atoms with Crippen molar-refractivity contribution < 1.29 is 0 Å². The van der Waals surface area contributed by atoms with Crippen LogP contribution in [0.3, 0.4) is 0 Å². The first-order valence-electron chi connectivity index (χ1n) is 11.4. The second kappa shape index (κ2) is 8.19. The van der Waals surface area contributed by atoms with Gasteiger partial charge in [-0.25, -0.2) is 4.98 Å². The molecule has 0 aliphatic heterocycles. The zero-order chi connectivity index (χ0) is 22.3. The number of hydrogen-bond donors (Lipinski definition) is 0. The van der Waals surface area contributed by atoms with E-state index in [1.54, 1.807) is 0 Å². The summed E-state index contributed by atoms with van der Waals surface area (Å²) >= 11 is 0. The van der Waals surface area contributed by atoms with E-state index >= 15 is 0 Å². The average Bonchev–Trinajstić information content (AvgIpc) is 3.19. The molecule has 0 N–H and O–H groups in total. The molecule has 0 saturated heterocycles.